The molecule has 5 heteroatoms. The second kappa shape index (κ2) is 5.40. The van der Waals surface area contributed by atoms with Crippen LogP contribution in [0.15, 0.2) is 18.3 Å². The summed E-state index contributed by atoms with van der Waals surface area (Å²) in [7, 11) is 0. The number of rotatable bonds is 2. The van der Waals surface area contributed by atoms with Crippen molar-refractivity contribution in [2.45, 2.75) is 38.3 Å². The maximum atomic E-state index is 11.5. The summed E-state index contributed by atoms with van der Waals surface area (Å²) < 4.78 is 0. The van der Waals surface area contributed by atoms with Crippen molar-refractivity contribution in [2.24, 2.45) is 11.7 Å². The quantitative estimate of drug-likeness (QED) is 0.850. The molecule has 2 aliphatic heterocycles. The van der Waals surface area contributed by atoms with Crippen LogP contribution in [0.25, 0.3) is 0 Å². The average molecular weight is 274 g/mol. The molecule has 2 unspecified atom stereocenters. The third kappa shape index (κ3) is 2.50. The molecule has 1 aromatic heterocycles. The number of piperidine rings is 2. The van der Waals surface area contributed by atoms with Gasteiger partial charge in [-0.2, -0.15) is 0 Å². The molecular weight excluding hydrogens is 252 g/mol. The first-order chi connectivity index (χ1) is 9.65. The zero-order valence-corrected chi connectivity index (χ0v) is 11.9. The number of pyridine rings is 1. The number of anilines is 1. The fourth-order valence-electron chi connectivity index (χ4n) is 3.33. The van der Waals surface area contributed by atoms with Crippen molar-refractivity contribution in [3.63, 3.8) is 0 Å². The molecule has 0 radical (unpaired) electrons. The van der Waals surface area contributed by atoms with Crippen LogP contribution in [0.4, 0.5) is 5.82 Å². The van der Waals surface area contributed by atoms with Crippen LogP contribution in [-0.2, 0) is 4.79 Å². The third-order valence-corrected chi connectivity index (χ3v) is 4.43. The van der Waals surface area contributed by atoms with Gasteiger partial charge in [-0.15, -0.1) is 0 Å². The van der Waals surface area contributed by atoms with Gasteiger partial charge in [-0.3, -0.25) is 4.79 Å². The predicted molar refractivity (Wildman–Crippen MR) is 78.3 cm³/mol. The van der Waals surface area contributed by atoms with Crippen molar-refractivity contribution in [2.75, 3.05) is 18.0 Å². The number of nitrogens with one attached hydrogen (secondary N) is 1. The topological polar surface area (TPSA) is 71.2 Å². The number of hydrogen-bond donors (Lipinski definition) is 2. The van der Waals surface area contributed by atoms with E-state index in [1.165, 1.54) is 0 Å². The molecule has 0 saturated carbocycles. The van der Waals surface area contributed by atoms with Crippen molar-refractivity contribution < 1.29 is 4.79 Å². The summed E-state index contributed by atoms with van der Waals surface area (Å²) in [6.45, 7) is 3.88. The van der Waals surface area contributed by atoms with Crippen LogP contribution in [0.1, 0.15) is 37.8 Å². The van der Waals surface area contributed by atoms with Crippen LogP contribution in [-0.4, -0.2) is 30.0 Å². The normalized spacial score (nSPS) is 27.7. The summed E-state index contributed by atoms with van der Waals surface area (Å²) in [4.78, 5) is 18.3. The summed E-state index contributed by atoms with van der Waals surface area (Å²) in [6.07, 6.45) is 4.45. The van der Waals surface area contributed by atoms with Crippen LogP contribution in [0.2, 0.25) is 0 Å². The second-order valence-electron chi connectivity index (χ2n) is 5.91. The monoisotopic (exact) mass is 274 g/mol. The first kappa shape index (κ1) is 13.4. The summed E-state index contributed by atoms with van der Waals surface area (Å²) >= 11 is 0. The molecule has 0 bridgehead atoms. The number of aromatic nitrogens is 1. The summed E-state index contributed by atoms with van der Waals surface area (Å²) in [5.74, 6) is 1.75. The van der Waals surface area contributed by atoms with E-state index in [2.05, 4.69) is 21.3 Å². The Kier molecular flexibility index (Phi) is 3.61. The summed E-state index contributed by atoms with van der Waals surface area (Å²) in [5.41, 5.74) is 7.15. The predicted octanol–water partition coefficient (Wildman–Crippen LogP) is 1.21. The van der Waals surface area contributed by atoms with E-state index < -0.39 is 0 Å². The highest BCUT2D eigenvalue weighted by molar-refractivity contribution is 5.77. The lowest BCUT2D eigenvalue weighted by atomic mass is 9.85. The second-order valence-corrected chi connectivity index (χ2v) is 5.91. The van der Waals surface area contributed by atoms with Gasteiger partial charge in [0.1, 0.15) is 5.82 Å². The molecule has 1 amide bonds. The molecule has 3 atom stereocenters. The fourth-order valence-corrected chi connectivity index (χ4v) is 3.33. The van der Waals surface area contributed by atoms with E-state index >= 15 is 0 Å². The molecule has 5 nitrogen and oxygen atoms in total. The average Bonchev–Trinajstić information content (AvgIpc) is 2.46. The van der Waals surface area contributed by atoms with E-state index in [1.54, 1.807) is 0 Å². The number of carbonyl (C=O) groups is 1. The van der Waals surface area contributed by atoms with Crippen LogP contribution >= 0.6 is 0 Å². The van der Waals surface area contributed by atoms with Gasteiger partial charge in [0.2, 0.25) is 5.91 Å². The first-order valence-corrected chi connectivity index (χ1v) is 7.40. The van der Waals surface area contributed by atoms with Crippen molar-refractivity contribution in [3.8, 4) is 0 Å². The minimum absolute atomic E-state index is 0.0116. The molecular formula is C15H22N4O. The van der Waals surface area contributed by atoms with Gasteiger partial charge in [0.05, 0.1) is 0 Å². The molecule has 1 aromatic rings. The number of nitrogens with two attached hydrogens (primary N) is 1. The molecule has 108 valence electrons. The lowest BCUT2D eigenvalue weighted by Crippen LogP contribution is -2.54. The highest BCUT2D eigenvalue weighted by Crippen LogP contribution is 2.30. The largest absolute Gasteiger partial charge is 0.356 e. The van der Waals surface area contributed by atoms with E-state index in [1.807, 2.05) is 19.2 Å². The molecule has 20 heavy (non-hydrogen) atoms. The number of fused-ring (bicyclic) bond motifs is 1. The molecule has 3 N–H and O–H groups in total. The SMILES string of the molecule is C[C@@H](N)c1cccnc1N1CCC2NC(=O)CCC2C1. The number of hydrogen-bond acceptors (Lipinski definition) is 4. The van der Waals surface area contributed by atoms with Gasteiger partial charge < -0.3 is 16.0 Å². The highest BCUT2D eigenvalue weighted by atomic mass is 16.1. The minimum atomic E-state index is -0.0116. The number of amides is 1. The molecule has 0 spiro atoms. The van der Waals surface area contributed by atoms with E-state index in [-0.39, 0.29) is 11.9 Å². The Bertz CT molecular complexity index is 502. The van der Waals surface area contributed by atoms with Gasteiger partial charge in [0.25, 0.3) is 0 Å². The first-order valence-electron chi connectivity index (χ1n) is 7.40. The van der Waals surface area contributed by atoms with Crippen LogP contribution in [0.5, 0.6) is 0 Å². The Morgan fingerprint density at radius 3 is 3.15 bits per heavy atom. The Morgan fingerprint density at radius 1 is 1.50 bits per heavy atom. The van der Waals surface area contributed by atoms with Gasteiger partial charge in [0.15, 0.2) is 0 Å². The molecule has 2 fully saturated rings. The molecule has 0 aliphatic carbocycles. The molecule has 3 heterocycles. The van der Waals surface area contributed by atoms with Crippen LogP contribution in [0.3, 0.4) is 0 Å². The number of carbonyl (C=O) groups excluding carboxylic acids is 1. The smallest absolute Gasteiger partial charge is 0.220 e. The Labute approximate surface area is 119 Å². The third-order valence-electron chi connectivity index (χ3n) is 4.43. The highest BCUT2D eigenvalue weighted by Gasteiger charge is 2.34. The lowest BCUT2D eigenvalue weighted by Gasteiger charge is -2.42. The zero-order chi connectivity index (χ0) is 14.1. The van der Waals surface area contributed by atoms with Gasteiger partial charge in [-0.25, -0.2) is 4.98 Å². The van der Waals surface area contributed by atoms with E-state index in [4.69, 9.17) is 5.73 Å². The molecule has 2 aliphatic rings. The van der Waals surface area contributed by atoms with Crippen molar-refractivity contribution in [1.29, 1.82) is 0 Å². The fraction of sp³-hybridized carbons (Fsp3) is 0.600. The van der Waals surface area contributed by atoms with E-state index in [9.17, 15) is 4.79 Å². The Balaban J connectivity index is 1.78. The van der Waals surface area contributed by atoms with E-state index in [0.717, 1.165) is 37.3 Å². The molecule has 0 aromatic carbocycles. The van der Waals surface area contributed by atoms with Gasteiger partial charge in [0, 0.05) is 43.4 Å². The Morgan fingerprint density at radius 2 is 2.35 bits per heavy atom. The van der Waals surface area contributed by atoms with Crippen molar-refractivity contribution in [1.82, 2.24) is 10.3 Å². The van der Waals surface area contributed by atoms with Gasteiger partial charge >= 0.3 is 0 Å². The maximum absolute atomic E-state index is 11.5. The summed E-state index contributed by atoms with van der Waals surface area (Å²) in [5, 5.41) is 3.12. The van der Waals surface area contributed by atoms with Crippen molar-refractivity contribution >= 4 is 11.7 Å². The van der Waals surface area contributed by atoms with E-state index in [0.29, 0.717) is 18.4 Å². The van der Waals surface area contributed by atoms with Gasteiger partial charge in [-0.05, 0) is 31.7 Å². The van der Waals surface area contributed by atoms with Crippen molar-refractivity contribution in [3.05, 3.63) is 23.9 Å². The van der Waals surface area contributed by atoms with Gasteiger partial charge in [-0.1, -0.05) is 6.07 Å². The zero-order valence-electron chi connectivity index (χ0n) is 11.9. The van der Waals surface area contributed by atoms with Crippen LogP contribution in [0, 0.1) is 5.92 Å². The maximum Gasteiger partial charge on any atom is 0.220 e. The standard InChI is InChI=1S/C15H22N4O/c1-10(16)12-3-2-7-17-15(12)19-8-6-13-11(9-19)4-5-14(20)18-13/h2-3,7,10-11,13H,4-6,8-9,16H2,1H3,(H,18,20)/t10-,11?,13?/m1/s1. The summed E-state index contributed by atoms with van der Waals surface area (Å²) in [6, 6.07) is 4.33. The minimum Gasteiger partial charge on any atom is -0.356 e. The number of nitrogens with zero attached hydrogens (tertiary/aromatic N) is 2. The van der Waals surface area contributed by atoms with Crippen LogP contribution < -0.4 is 16.0 Å². The Hall–Kier alpha value is -1.62. The molecule has 2 saturated heterocycles. The molecule has 3 rings (SSSR count). The lowest BCUT2D eigenvalue weighted by molar-refractivity contribution is -0.124.